The van der Waals surface area contributed by atoms with E-state index < -0.39 is 5.97 Å². The van der Waals surface area contributed by atoms with Crippen molar-refractivity contribution < 1.29 is 19.4 Å². The molecule has 0 aliphatic carbocycles. The van der Waals surface area contributed by atoms with E-state index in [0.717, 1.165) is 5.56 Å². The average Bonchev–Trinajstić information content (AvgIpc) is 2.31. The van der Waals surface area contributed by atoms with Gasteiger partial charge in [0.05, 0.1) is 20.3 Å². The fraction of sp³-hybridized carbons (Fsp3) is 0.417. The zero-order valence-electron chi connectivity index (χ0n) is 10.3. The Bertz CT molecular complexity index is 423. The molecule has 0 spiro atoms. The third-order valence-electron chi connectivity index (χ3n) is 2.20. The Morgan fingerprint density at radius 1 is 1.50 bits per heavy atom. The third kappa shape index (κ3) is 4.09. The minimum atomic E-state index is -0.915. The molecule has 5 nitrogen and oxygen atoms in total. The summed E-state index contributed by atoms with van der Waals surface area (Å²) in [5, 5.41) is 11.9. The van der Waals surface area contributed by atoms with E-state index in [1.54, 1.807) is 12.1 Å². The molecule has 18 heavy (non-hydrogen) atoms. The summed E-state index contributed by atoms with van der Waals surface area (Å²) in [7, 11) is 1.53. The number of methoxy groups -OCH3 is 1. The summed E-state index contributed by atoms with van der Waals surface area (Å²) in [6.45, 7) is 2.57. The van der Waals surface area contributed by atoms with Crippen LogP contribution in [0.5, 0.6) is 11.5 Å². The van der Waals surface area contributed by atoms with E-state index in [1.165, 1.54) is 7.11 Å². The molecule has 6 heteroatoms. The second-order valence-corrected chi connectivity index (χ2v) is 3.96. The number of hydrogen-bond donors (Lipinski definition) is 2. The van der Waals surface area contributed by atoms with Gasteiger partial charge in [0.1, 0.15) is 0 Å². The fourth-order valence-electron chi connectivity index (χ4n) is 1.52. The first-order valence-corrected chi connectivity index (χ1v) is 5.88. The SMILES string of the molecule is CCOc1c(CNCC(=O)O)cc(Cl)cc1OC. The lowest BCUT2D eigenvalue weighted by molar-refractivity contribution is -0.136. The van der Waals surface area contributed by atoms with Crippen LogP contribution < -0.4 is 14.8 Å². The van der Waals surface area contributed by atoms with Crippen LogP contribution in [-0.4, -0.2) is 31.3 Å². The first-order chi connectivity index (χ1) is 8.58. The van der Waals surface area contributed by atoms with E-state index in [9.17, 15) is 4.79 Å². The van der Waals surface area contributed by atoms with Gasteiger partial charge in [-0.1, -0.05) is 11.6 Å². The number of carbonyl (C=O) groups is 1. The Morgan fingerprint density at radius 2 is 2.22 bits per heavy atom. The number of halogens is 1. The van der Waals surface area contributed by atoms with Gasteiger partial charge in [-0.05, 0) is 13.0 Å². The number of rotatable bonds is 7. The average molecular weight is 274 g/mol. The van der Waals surface area contributed by atoms with Gasteiger partial charge < -0.3 is 19.9 Å². The zero-order valence-corrected chi connectivity index (χ0v) is 11.1. The molecule has 0 amide bonds. The van der Waals surface area contributed by atoms with Crippen LogP contribution in [0.25, 0.3) is 0 Å². The Hall–Kier alpha value is -1.46. The molecule has 0 unspecified atom stereocenters. The van der Waals surface area contributed by atoms with Gasteiger partial charge in [-0.15, -0.1) is 0 Å². The van der Waals surface area contributed by atoms with Gasteiger partial charge in [-0.2, -0.15) is 0 Å². The van der Waals surface area contributed by atoms with Crippen LogP contribution in [0.15, 0.2) is 12.1 Å². The maximum atomic E-state index is 10.4. The molecule has 1 aromatic rings. The fourth-order valence-corrected chi connectivity index (χ4v) is 1.75. The minimum absolute atomic E-state index is 0.125. The Balaban J connectivity index is 2.92. The van der Waals surface area contributed by atoms with Crippen LogP contribution in [0, 0.1) is 0 Å². The predicted molar refractivity (Wildman–Crippen MR) is 68.5 cm³/mol. The van der Waals surface area contributed by atoms with Crippen molar-refractivity contribution in [2.75, 3.05) is 20.3 Å². The van der Waals surface area contributed by atoms with E-state index in [2.05, 4.69) is 5.32 Å². The molecular formula is C12H16ClNO4. The van der Waals surface area contributed by atoms with Crippen molar-refractivity contribution in [3.8, 4) is 11.5 Å². The highest BCUT2D eigenvalue weighted by atomic mass is 35.5. The molecule has 0 atom stereocenters. The lowest BCUT2D eigenvalue weighted by atomic mass is 10.2. The van der Waals surface area contributed by atoms with Crippen molar-refractivity contribution in [2.24, 2.45) is 0 Å². The van der Waals surface area contributed by atoms with Crippen molar-refractivity contribution in [1.29, 1.82) is 0 Å². The summed E-state index contributed by atoms with van der Waals surface area (Å²) in [5.41, 5.74) is 0.766. The molecule has 0 saturated carbocycles. The highest BCUT2D eigenvalue weighted by Gasteiger charge is 2.12. The van der Waals surface area contributed by atoms with Gasteiger partial charge >= 0.3 is 5.97 Å². The molecule has 0 heterocycles. The van der Waals surface area contributed by atoms with Gasteiger partial charge in [0.2, 0.25) is 0 Å². The van der Waals surface area contributed by atoms with Gasteiger partial charge in [0, 0.05) is 23.2 Å². The number of nitrogens with one attached hydrogen (secondary N) is 1. The van der Waals surface area contributed by atoms with Gasteiger partial charge in [-0.25, -0.2) is 0 Å². The van der Waals surface area contributed by atoms with E-state index in [0.29, 0.717) is 29.7 Å². The smallest absolute Gasteiger partial charge is 0.317 e. The van der Waals surface area contributed by atoms with Gasteiger partial charge in [0.15, 0.2) is 11.5 Å². The van der Waals surface area contributed by atoms with E-state index >= 15 is 0 Å². The minimum Gasteiger partial charge on any atom is -0.493 e. The molecule has 0 fully saturated rings. The first-order valence-electron chi connectivity index (χ1n) is 5.50. The van der Waals surface area contributed by atoms with Crippen LogP contribution in [-0.2, 0) is 11.3 Å². The first kappa shape index (κ1) is 14.6. The standard InChI is InChI=1S/C12H16ClNO4/c1-3-18-12-8(6-14-7-11(15)16)4-9(13)5-10(12)17-2/h4-5,14H,3,6-7H2,1-2H3,(H,15,16). The Kier molecular flexibility index (Phi) is 5.74. The van der Waals surface area contributed by atoms with Gasteiger partial charge in [-0.3, -0.25) is 4.79 Å². The largest absolute Gasteiger partial charge is 0.493 e. The van der Waals surface area contributed by atoms with Crippen LogP contribution in [0.1, 0.15) is 12.5 Å². The second kappa shape index (κ2) is 7.08. The van der Waals surface area contributed by atoms with E-state index in [-0.39, 0.29) is 6.54 Å². The van der Waals surface area contributed by atoms with Crippen molar-refractivity contribution in [2.45, 2.75) is 13.5 Å². The Morgan fingerprint density at radius 3 is 2.78 bits per heavy atom. The highest BCUT2D eigenvalue weighted by molar-refractivity contribution is 6.30. The zero-order chi connectivity index (χ0) is 13.5. The van der Waals surface area contributed by atoms with Crippen molar-refractivity contribution in [1.82, 2.24) is 5.32 Å². The predicted octanol–water partition coefficient (Wildman–Crippen LogP) is 1.92. The van der Waals surface area contributed by atoms with Crippen LogP contribution in [0.3, 0.4) is 0 Å². The summed E-state index contributed by atoms with van der Waals surface area (Å²) >= 11 is 5.96. The van der Waals surface area contributed by atoms with Crippen LogP contribution >= 0.6 is 11.6 Å². The van der Waals surface area contributed by atoms with Gasteiger partial charge in [0.25, 0.3) is 0 Å². The number of carboxylic acids is 1. The number of aliphatic carboxylic acids is 1. The molecule has 0 aliphatic rings. The van der Waals surface area contributed by atoms with E-state index in [4.69, 9.17) is 26.2 Å². The molecule has 1 aromatic carbocycles. The molecule has 0 radical (unpaired) electrons. The number of ether oxygens (including phenoxy) is 2. The van der Waals surface area contributed by atoms with E-state index in [1.807, 2.05) is 6.92 Å². The molecular weight excluding hydrogens is 258 g/mol. The summed E-state index contributed by atoms with van der Waals surface area (Å²) in [5.74, 6) is 0.209. The third-order valence-corrected chi connectivity index (χ3v) is 2.42. The molecule has 100 valence electrons. The summed E-state index contributed by atoms with van der Waals surface area (Å²) in [4.78, 5) is 10.4. The lowest BCUT2D eigenvalue weighted by Crippen LogP contribution is -2.22. The van der Waals surface area contributed by atoms with Crippen molar-refractivity contribution in [3.63, 3.8) is 0 Å². The highest BCUT2D eigenvalue weighted by Crippen LogP contribution is 2.34. The Labute approximate surface area is 111 Å². The van der Waals surface area contributed by atoms with Crippen LogP contribution in [0.4, 0.5) is 0 Å². The summed E-state index contributed by atoms with van der Waals surface area (Å²) in [6, 6.07) is 3.39. The van der Waals surface area contributed by atoms with Crippen molar-refractivity contribution in [3.05, 3.63) is 22.7 Å². The summed E-state index contributed by atoms with van der Waals surface area (Å²) < 4.78 is 10.7. The van der Waals surface area contributed by atoms with Crippen molar-refractivity contribution >= 4 is 17.6 Å². The number of hydrogen-bond acceptors (Lipinski definition) is 4. The summed E-state index contributed by atoms with van der Waals surface area (Å²) in [6.07, 6.45) is 0. The molecule has 2 N–H and O–H groups in total. The second-order valence-electron chi connectivity index (χ2n) is 3.53. The monoisotopic (exact) mass is 273 g/mol. The molecule has 0 bridgehead atoms. The molecule has 0 aliphatic heterocycles. The van der Waals surface area contributed by atoms with Crippen LogP contribution in [0.2, 0.25) is 5.02 Å². The maximum Gasteiger partial charge on any atom is 0.317 e. The topological polar surface area (TPSA) is 67.8 Å². The quantitative estimate of drug-likeness (QED) is 0.794. The lowest BCUT2D eigenvalue weighted by Gasteiger charge is -2.15. The number of benzene rings is 1. The maximum absolute atomic E-state index is 10.4. The molecule has 1 rings (SSSR count). The molecule has 0 aromatic heterocycles. The normalized spacial score (nSPS) is 10.2. The molecule has 0 saturated heterocycles. The number of carboxylic acid groups (broad SMARTS) is 1.